The van der Waals surface area contributed by atoms with Crippen molar-refractivity contribution >= 4 is 11.8 Å². The molecule has 0 bridgehead atoms. The van der Waals surface area contributed by atoms with E-state index in [1.54, 1.807) is 12.1 Å². The van der Waals surface area contributed by atoms with Gasteiger partial charge >= 0.3 is 0 Å². The molecule has 0 fully saturated rings. The molecule has 8 nitrogen and oxygen atoms in total. The lowest BCUT2D eigenvalue weighted by molar-refractivity contribution is -0.128. The van der Waals surface area contributed by atoms with Gasteiger partial charge in [0.25, 0.3) is 0 Å². The van der Waals surface area contributed by atoms with Gasteiger partial charge in [-0.25, -0.2) is 5.48 Å². The Morgan fingerprint density at radius 1 is 1.22 bits per heavy atom. The molecule has 2 amide bonds. The maximum Gasteiger partial charge on any atom is 0.240 e. The number of phenols is 1. The third-order valence-corrected chi connectivity index (χ3v) is 3.43. The van der Waals surface area contributed by atoms with Crippen molar-refractivity contribution in [3.63, 3.8) is 0 Å². The van der Waals surface area contributed by atoms with E-state index >= 15 is 0 Å². The molecule has 2 atom stereocenters. The molecular weight excluding hydrogens is 300 g/mol. The van der Waals surface area contributed by atoms with E-state index in [2.05, 4.69) is 10.8 Å². The lowest BCUT2D eigenvalue weighted by Crippen LogP contribution is -2.47. The van der Waals surface area contributed by atoms with Crippen molar-refractivity contribution in [2.24, 2.45) is 11.5 Å². The monoisotopic (exact) mass is 324 g/mol. The first-order valence-corrected chi connectivity index (χ1v) is 7.42. The first-order valence-electron chi connectivity index (χ1n) is 7.42. The van der Waals surface area contributed by atoms with Crippen molar-refractivity contribution in [2.75, 3.05) is 6.54 Å². The summed E-state index contributed by atoms with van der Waals surface area (Å²) >= 11 is 0. The minimum Gasteiger partial charge on any atom is -0.508 e. The number of hydrogen-bond acceptors (Lipinski definition) is 6. The number of carbonyl (C=O) groups excluding carboxylic acids is 2. The van der Waals surface area contributed by atoms with Gasteiger partial charge in [-0.05, 0) is 37.1 Å². The summed E-state index contributed by atoms with van der Waals surface area (Å²) in [6.07, 6.45) is 1.44. The molecule has 0 aliphatic rings. The van der Waals surface area contributed by atoms with Crippen LogP contribution in [0.15, 0.2) is 24.3 Å². The molecule has 8 N–H and O–H groups in total. The highest BCUT2D eigenvalue weighted by molar-refractivity contribution is 5.87. The largest absolute Gasteiger partial charge is 0.508 e. The summed E-state index contributed by atoms with van der Waals surface area (Å²) in [6.45, 7) is 0.463. The normalized spacial score (nSPS) is 13.3. The number of nitrogens with two attached hydrogens (primary N) is 2. The molecule has 128 valence electrons. The molecule has 1 aromatic carbocycles. The van der Waals surface area contributed by atoms with Crippen LogP contribution < -0.4 is 22.3 Å². The summed E-state index contributed by atoms with van der Waals surface area (Å²) in [5.74, 6) is -0.928. The third-order valence-electron chi connectivity index (χ3n) is 3.43. The van der Waals surface area contributed by atoms with E-state index in [0.717, 1.165) is 5.56 Å². The average molecular weight is 324 g/mol. The molecule has 0 saturated heterocycles. The van der Waals surface area contributed by atoms with Crippen LogP contribution in [0, 0.1) is 0 Å². The zero-order chi connectivity index (χ0) is 17.2. The standard InChI is InChI=1S/C15H24N4O4/c16-7-1-2-11(19-23)9-14(21)18-13(15(17)22)8-10-3-5-12(20)6-4-10/h3-6,11,13,19-20,23H,1-2,7-9,16H2,(H2,17,22)(H,18,21)/t11-,13-/m0/s1. The summed E-state index contributed by atoms with van der Waals surface area (Å²) in [5, 5.41) is 20.8. The predicted octanol–water partition coefficient (Wildman–Crippen LogP) is -0.619. The Morgan fingerprint density at radius 3 is 2.39 bits per heavy atom. The van der Waals surface area contributed by atoms with Crippen LogP contribution >= 0.6 is 0 Å². The molecule has 0 aliphatic heterocycles. The highest BCUT2D eigenvalue weighted by atomic mass is 16.5. The molecule has 0 spiro atoms. The second kappa shape index (κ2) is 9.78. The minimum atomic E-state index is -0.860. The van der Waals surface area contributed by atoms with Crippen LogP contribution in [0.2, 0.25) is 0 Å². The van der Waals surface area contributed by atoms with E-state index in [-0.39, 0.29) is 18.6 Å². The Bertz CT molecular complexity index is 507. The van der Waals surface area contributed by atoms with Crippen LogP contribution in [-0.2, 0) is 16.0 Å². The van der Waals surface area contributed by atoms with E-state index in [4.69, 9.17) is 16.7 Å². The zero-order valence-corrected chi connectivity index (χ0v) is 12.9. The molecule has 0 aliphatic carbocycles. The first-order chi connectivity index (χ1) is 11.0. The second-order valence-corrected chi connectivity index (χ2v) is 5.35. The van der Waals surface area contributed by atoms with Crippen molar-refractivity contribution in [1.82, 2.24) is 10.8 Å². The van der Waals surface area contributed by atoms with Crippen molar-refractivity contribution in [2.45, 2.75) is 37.8 Å². The number of primary amides is 1. The van der Waals surface area contributed by atoms with Gasteiger partial charge in [-0.15, -0.1) is 0 Å². The average Bonchev–Trinajstić information content (AvgIpc) is 2.52. The van der Waals surface area contributed by atoms with Gasteiger partial charge in [-0.1, -0.05) is 12.1 Å². The third kappa shape index (κ3) is 7.09. The van der Waals surface area contributed by atoms with Gasteiger partial charge < -0.3 is 27.1 Å². The summed E-state index contributed by atoms with van der Waals surface area (Å²) in [4.78, 5) is 23.5. The van der Waals surface area contributed by atoms with Crippen molar-refractivity contribution in [3.05, 3.63) is 29.8 Å². The van der Waals surface area contributed by atoms with Gasteiger partial charge in [0.05, 0.1) is 0 Å². The van der Waals surface area contributed by atoms with Gasteiger partial charge in [0, 0.05) is 18.9 Å². The molecule has 0 saturated carbocycles. The summed E-state index contributed by atoms with van der Waals surface area (Å²) in [6, 6.07) is 5.00. The van der Waals surface area contributed by atoms with E-state index in [0.29, 0.717) is 19.4 Å². The number of amides is 2. The Morgan fingerprint density at radius 2 is 1.87 bits per heavy atom. The number of aromatic hydroxyl groups is 1. The quantitative estimate of drug-likeness (QED) is 0.316. The second-order valence-electron chi connectivity index (χ2n) is 5.35. The fourth-order valence-electron chi connectivity index (χ4n) is 2.14. The van der Waals surface area contributed by atoms with Crippen LogP contribution in [0.3, 0.4) is 0 Å². The van der Waals surface area contributed by atoms with Crippen LogP contribution in [0.5, 0.6) is 5.75 Å². The van der Waals surface area contributed by atoms with Crippen LogP contribution in [-0.4, -0.2) is 40.8 Å². The fourth-order valence-corrected chi connectivity index (χ4v) is 2.14. The van der Waals surface area contributed by atoms with Gasteiger partial charge in [0.1, 0.15) is 11.8 Å². The summed E-state index contributed by atoms with van der Waals surface area (Å²) < 4.78 is 0. The van der Waals surface area contributed by atoms with Gasteiger partial charge in [-0.3, -0.25) is 9.59 Å². The van der Waals surface area contributed by atoms with Crippen molar-refractivity contribution < 1.29 is 19.9 Å². The maximum absolute atomic E-state index is 12.0. The number of benzene rings is 1. The van der Waals surface area contributed by atoms with E-state index in [9.17, 15) is 14.7 Å². The smallest absolute Gasteiger partial charge is 0.240 e. The van der Waals surface area contributed by atoms with E-state index < -0.39 is 23.9 Å². The van der Waals surface area contributed by atoms with Crippen LogP contribution in [0.25, 0.3) is 0 Å². The van der Waals surface area contributed by atoms with E-state index in [1.807, 2.05) is 0 Å². The molecule has 23 heavy (non-hydrogen) atoms. The number of phenolic OH excluding ortho intramolecular Hbond substituents is 1. The fraction of sp³-hybridized carbons (Fsp3) is 0.467. The highest BCUT2D eigenvalue weighted by Crippen LogP contribution is 2.11. The Kier molecular flexibility index (Phi) is 8.03. The minimum absolute atomic E-state index is 0.00978. The Balaban J connectivity index is 2.59. The number of carbonyl (C=O) groups is 2. The maximum atomic E-state index is 12.0. The molecule has 1 rings (SSSR count). The lowest BCUT2D eigenvalue weighted by atomic mass is 10.0. The van der Waals surface area contributed by atoms with Crippen LogP contribution in [0.4, 0.5) is 0 Å². The predicted molar refractivity (Wildman–Crippen MR) is 84.6 cm³/mol. The molecule has 8 heteroatoms. The van der Waals surface area contributed by atoms with Gasteiger partial charge in [-0.2, -0.15) is 0 Å². The first kappa shape index (κ1) is 18.9. The van der Waals surface area contributed by atoms with Crippen molar-refractivity contribution in [3.8, 4) is 5.75 Å². The SMILES string of the molecule is NCCC[C@@H](CC(=O)N[C@@H](Cc1ccc(O)cc1)C(N)=O)NO. The Hall–Kier alpha value is -2.16. The number of rotatable bonds is 10. The van der Waals surface area contributed by atoms with Crippen LogP contribution in [0.1, 0.15) is 24.8 Å². The lowest BCUT2D eigenvalue weighted by Gasteiger charge is -2.18. The molecule has 0 unspecified atom stereocenters. The van der Waals surface area contributed by atoms with E-state index in [1.165, 1.54) is 12.1 Å². The van der Waals surface area contributed by atoms with Crippen molar-refractivity contribution in [1.29, 1.82) is 0 Å². The molecule has 0 radical (unpaired) electrons. The summed E-state index contributed by atoms with van der Waals surface area (Å²) in [5.41, 5.74) is 13.5. The molecule has 0 aromatic heterocycles. The Labute approximate surface area is 134 Å². The molecule has 0 heterocycles. The summed E-state index contributed by atoms with van der Waals surface area (Å²) in [7, 11) is 0. The number of nitrogens with one attached hydrogen (secondary N) is 2. The van der Waals surface area contributed by atoms with Gasteiger partial charge in [0.2, 0.25) is 11.8 Å². The topological polar surface area (TPSA) is 151 Å². The molecular formula is C15H24N4O4. The zero-order valence-electron chi connectivity index (χ0n) is 12.9. The number of hydroxylamine groups is 1. The highest BCUT2D eigenvalue weighted by Gasteiger charge is 2.20. The van der Waals surface area contributed by atoms with Gasteiger partial charge in [0.15, 0.2) is 0 Å². The number of hydrogen-bond donors (Lipinski definition) is 6. The molecule has 1 aromatic rings.